The summed E-state index contributed by atoms with van der Waals surface area (Å²) in [6, 6.07) is 10.4. The minimum atomic E-state index is -0.744. The zero-order valence-electron chi connectivity index (χ0n) is 14.7. The normalized spacial score (nSPS) is 19.0. The maximum absolute atomic E-state index is 12.8. The van der Waals surface area contributed by atoms with E-state index < -0.39 is 18.1 Å². The molecule has 0 saturated heterocycles. The Morgan fingerprint density at radius 1 is 1.26 bits per heavy atom. The van der Waals surface area contributed by atoms with Crippen molar-refractivity contribution in [2.24, 2.45) is 0 Å². The van der Waals surface area contributed by atoms with Crippen molar-refractivity contribution in [1.29, 1.82) is 0 Å². The zero-order valence-corrected chi connectivity index (χ0v) is 15.4. The van der Waals surface area contributed by atoms with E-state index in [1.54, 1.807) is 12.4 Å². The molecule has 0 aliphatic carbocycles. The Kier molecular flexibility index (Phi) is 4.58. The average Bonchev–Trinajstić information content (AvgIpc) is 3.10. The molecule has 138 valence electrons. The molecule has 1 aromatic carbocycles. The number of para-hydroxylation sites is 1. The summed E-state index contributed by atoms with van der Waals surface area (Å²) in [5, 5.41) is 1.04. The molecule has 3 heterocycles. The molecule has 1 amide bonds. The molecule has 1 N–H and O–H groups in total. The molecule has 3 aromatic rings. The molecule has 4 rings (SSSR count). The number of aromatic amines is 1. The van der Waals surface area contributed by atoms with Crippen LogP contribution >= 0.6 is 11.6 Å². The standard InChI is InChI=1S/C20H18ClN3O3/c1-27-20(26)16-10-14-13-4-2-3-5-15(13)23-18(14)19(24(16)17(25)11-21)12-6-8-22-9-7-12/h2-9,16,19,23H,10-11H2,1H3/t16-,19?/m0/s1. The van der Waals surface area contributed by atoms with E-state index in [0.29, 0.717) is 6.42 Å². The van der Waals surface area contributed by atoms with Crippen LogP contribution in [0.1, 0.15) is 22.9 Å². The van der Waals surface area contributed by atoms with Crippen molar-refractivity contribution >= 4 is 34.4 Å². The minimum absolute atomic E-state index is 0.218. The fourth-order valence-electron chi connectivity index (χ4n) is 3.88. The lowest BCUT2D eigenvalue weighted by molar-refractivity contribution is -0.154. The number of nitrogens with zero attached hydrogens (tertiary/aromatic N) is 2. The second-order valence-corrected chi connectivity index (χ2v) is 6.69. The molecule has 27 heavy (non-hydrogen) atoms. The highest BCUT2D eigenvalue weighted by Gasteiger charge is 2.43. The lowest BCUT2D eigenvalue weighted by Gasteiger charge is -2.40. The minimum Gasteiger partial charge on any atom is -0.467 e. The quantitative estimate of drug-likeness (QED) is 0.557. The third-order valence-corrected chi connectivity index (χ3v) is 5.26. The largest absolute Gasteiger partial charge is 0.467 e. The van der Waals surface area contributed by atoms with Gasteiger partial charge in [0.15, 0.2) is 0 Å². The van der Waals surface area contributed by atoms with E-state index in [4.69, 9.17) is 16.3 Å². The van der Waals surface area contributed by atoms with Crippen molar-refractivity contribution in [1.82, 2.24) is 14.9 Å². The van der Waals surface area contributed by atoms with Gasteiger partial charge in [0, 0.05) is 35.4 Å². The molecular weight excluding hydrogens is 366 g/mol. The number of rotatable bonds is 3. The van der Waals surface area contributed by atoms with Gasteiger partial charge < -0.3 is 14.6 Å². The summed E-state index contributed by atoms with van der Waals surface area (Å²) < 4.78 is 5.00. The number of hydrogen-bond donors (Lipinski definition) is 1. The van der Waals surface area contributed by atoms with Crippen LogP contribution in [0.5, 0.6) is 0 Å². The third-order valence-electron chi connectivity index (χ3n) is 5.03. The number of nitrogens with one attached hydrogen (secondary N) is 1. The van der Waals surface area contributed by atoms with E-state index in [-0.39, 0.29) is 11.8 Å². The monoisotopic (exact) mass is 383 g/mol. The Morgan fingerprint density at radius 3 is 2.70 bits per heavy atom. The molecule has 6 nitrogen and oxygen atoms in total. The Hall–Kier alpha value is -2.86. The second-order valence-electron chi connectivity index (χ2n) is 6.42. The van der Waals surface area contributed by atoms with Crippen LogP contribution < -0.4 is 0 Å². The smallest absolute Gasteiger partial charge is 0.328 e. The van der Waals surface area contributed by atoms with Gasteiger partial charge in [-0.05, 0) is 29.3 Å². The van der Waals surface area contributed by atoms with Crippen molar-refractivity contribution in [3.63, 3.8) is 0 Å². The number of pyridine rings is 1. The van der Waals surface area contributed by atoms with Gasteiger partial charge >= 0.3 is 5.97 Å². The number of benzene rings is 1. The highest BCUT2D eigenvalue weighted by atomic mass is 35.5. The topological polar surface area (TPSA) is 75.3 Å². The predicted octanol–water partition coefficient (Wildman–Crippen LogP) is 2.82. The van der Waals surface area contributed by atoms with Gasteiger partial charge in [-0.15, -0.1) is 11.6 Å². The number of fused-ring (bicyclic) bond motifs is 3. The number of aromatic nitrogens is 2. The molecule has 2 atom stereocenters. The van der Waals surface area contributed by atoms with Crippen molar-refractivity contribution in [3.05, 3.63) is 65.6 Å². The number of H-pyrrole nitrogens is 1. The number of carbonyl (C=O) groups excluding carboxylic acids is 2. The summed E-state index contributed by atoms with van der Waals surface area (Å²) in [5.74, 6) is -0.994. The number of amides is 1. The number of hydrogen-bond acceptors (Lipinski definition) is 4. The Labute approximate surface area is 161 Å². The Bertz CT molecular complexity index is 1000. The summed E-state index contributed by atoms with van der Waals surface area (Å²) in [6.45, 7) is 0. The number of halogens is 1. The van der Waals surface area contributed by atoms with Gasteiger partial charge in [-0.2, -0.15) is 0 Å². The van der Waals surface area contributed by atoms with Gasteiger partial charge in [0.25, 0.3) is 0 Å². The average molecular weight is 384 g/mol. The summed E-state index contributed by atoms with van der Waals surface area (Å²) in [6.07, 6.45) is 3.71. The van der Waals surface area contributed by atoms with Crippen molar-refractivity contribution in [2.45, 2.75) is 18.5 Å². The van der Waals surface area contributed by atoms with E-state index in [9.17, 15) is 9.59 Å². The van der Waals surface area contributed by atoms with Crippen LogP contribution in [-0.4, -0.2) is 45.8 Å². The Balaban J connectivity index is 1.98. The molecule has 7 heteroatoms. The Morgan fingerprint density at radius 2 is 2.00 bits per heavy atom. The lowest BCUT2D eigenvalue weighted by Crippen LogP contribution is -2.52. The molecule has 0 spiro atoms. The first-order chi connectivity index (χ1) is 13.2. The van der Waals surface area contributed by atoms with Crippen LogP contribution in [0.4, 0.5) is 0 Å². The van der Waals surface area contributed by atoms with Crippen LogP contribution in [0.3, 0.4) is 0 Å². The molecule has 0 fully saturated rings. The van der Waals surface area contributed by atoms with Gasteiger partial charge in [0.05, 0.1) is 13.2 Å². The molecule has 1 aliphatic heterocycles. The van der Waals surface area contributed by atoms with Crippen LogP contribution in [0, 0.1) is 0 Å². The van der Waals surface area contributed by atoms with Crippen LogP contribution in [0.15, 0.2) is 48.8 Å². The van der Waals surface area contributed by atoms with Gasteiger partial charge in [-0.3, -0.25) is 9.78 Å². The number of ether oxygens (including phenoxy) is 1. The molecule has 2 aromatic heterocycles. The third kappa shape index (κ3) is 2.86. The molecule has 0 bridgehead atoms. The van der Waals surface area contributed by atoms with Crippen LogP contribution in [-0.2, 0) is 20.7 Å². The summed E-state index contributed by atoms with van der Waals surface area (Å²) in [5.41, 5.74) is 3.72. The van der Waals surface area contributed by atoms with Crippen molar-refractivity contribution in [3.8, 4) is 0 Å². The van der Waals surface area contributed by atoms with Crippen molar-refractivity contribution < 1.29 is 14.3 Å². The van der Waals surface area contributed by atoms with E-state index in [2.05, 4.69) is 9.97 Å². The number of alkyl halides is 1. The van der Waals surface area contributed by atoms with E-state index >= 15 is 0 Å². The SMILES string of the molecule is COC(=O)[C@@H]1Cc2c([nH]c3ccccc23)C(c2ccncc2)N1C(=O)CCl. The highest BCUT2D eigenvalue weighted by molar-refractivity contribution is 6.27. The summed E-state index contributed by atoms with van der Waals surface area (Å²) in [4.78, 5) is 34.4. The summed E-state index contributed by atoms with van der Waals surface area (Å²) >= 11 is 5.89. The first-order valence-electron chi connectivity index (χ1n) is 8.60. The van der Waals surface area contributed by atoms with Gasteiger partial charge in [-0.1, -0.05) is 18.2 Å². The fourth-order valence-corrected chi connectivity index (χ4v) is 4.02. The molecule has 0 saturated carbocycles. The van der Waals surface area contributed by atoms with Gasteiger partial charge in [0.1, 0.15) is 11.9 Å². The highest BCUT2D eigenvalue weighted by Crippen LogP contribution is 2.41. The van der Waals surface area contributed by atoms with E-state index in [1.807, 2.05) is 36.4 Å². The van der Waals surface area contributed by atoms with Gasteiger partial charge in [-0.25, -0.2) is 4.79 Å². The number of carbonyl (C=O) groups is 2. The maximum atomic E-state index is 12.8. The molecule has 1 unspecified atom stereocenters. The fraction of sp³-hybridized carbons (Fsp3) is 0.250. The second kappa shape index (κ2) is 7.04. The van der Waals surface area contributed by atoms with E-state index in [0.717, 1.165) is 27.7 Å². The first-order valence-corrected chi connectivity index (χ1v) is 9.13. The van der Waals surface area contributed by atoms with E-state index in [1.165, 1.54) is 12.0 Å². The van der Waals surface area contributed by atoms with Crippen LogP contribution in [0.2, 0.25) is 0 Å². The number of esters is 1. The number of methoxy groups -OCH3 is 1. The zero-order chi connectivity index (χ0) is 19.0. The maximum Gasteiger partial charge on any atom is 0.328 e. The predicted molar refractivity (Wildman–Crippen MR) is 101 cm³/mol. The molecular formula is C20H18ClN3O3. The first kappa shape index (κ1) is 17.5. The lowest BCUT2D eigenvalue weighted by atomic mass is 9.88. The molecule has 0 radical (unpaired) electrons. The van der Waals surface area contributed by atoms with Gasteiger partial charge in [0.2, 0.25) is 5.91 Å². The van der Waals surface area contributed by atoms with Crippen molar-refractivity contribution in [2.75, 3.05) is 13.0 Å². The van der Waals surface area contributed by atoms with Crippen LogP contribution in [0.25, 0.3) is 10.9 Å². The molecule has 1 aliphatic rings. The summed E-state index contributed by atoms with van der Waals surface area (Å²) in [7, 11) is 1.33.